The van der Waals surface area contributed by atoms with Crippen LogP contribution in [0.25, 0.3) is 0 Å². The van der Waals surface area contributed by atoms with E-state index in [4.69, 9.17) is 4.74 Å². The standard InChI is InChI=1S/C19H25N5OS/c1-13(2)20-18-21-22-19(26-18)24-9-7-23(8-10-24)14(3)16-5-4-15-6-11-25-17(15)12-16/h4-5,12,14H,1,6-11H2,2-3H3,(H,20,21)/t14-/m1/s1. The van der Waals surface area contributed by atoms with Crippen LogP contribution in [0.1, 0.15) is 31.0 Å². The second kappa shape index (κ2) is 7.25. The molecule has 1 aromatic heterocycles. The number of ether oxygens (including phenoxy) is 1. The maximum Gasteiger partial charge on any atom is 0.211 e. The van der Waals surface area contributed by atoms with Gasteiger partial charge in [-0.15, -0.1) is 10.2 Å². The van der Waals surface area contributed by atoms with Gasteiger partial charge in [-0.3, -0.25) is 4.90 Å². The zero-order valence-corrected chi connectivity index (χ0v) is 16.2. The maximum absolute atomic E-state index is 5.73. The molecule has 2 aromatic rings. The van der Waals surface area contributed by atoms with Crippen LogP contribution in [0.3, 0.4) is 0 Å². The predicted octanol–water partition coefficient (Wildman–Crippen LogP) is 3.30. The quantitative estimate of drug-likeness (QED) is 0.870. The van der Waals surface area contributed by atoms with Crippen molar-refractivity contribution in [3.63, 3.8) is 0 Å². The zero-order chi connectivity index (χ0) is 18.1. The van der Waals surface area contributed by atoms with Crippen molar-refractivity contribution in [3.8, 4) is 5.75 Å². The summed E-state index contributed by atoms with van der Waals surface area (Å²) in [5.74, 6) is 1.07. The van der Waals surface area contributed by atoms with Gasteiger partial charge in [-0.05, 0) is 31.0 Å². The van der Waals surface area contributed by atoms with Crippen LogP contribution in [0, 0.1) is 0 Å². The second-order valence-electron chi connectivity index (χ2n) is 6.96. The molecule has 1 fully saturated rings. The lowest BCUT2D eigenvalue weighted by atomic mass is 10.0. The first kappa shape index (κ1) is 17.3. The zero-order valence-electron chi connectivity index (χ0n) is 15.4. The molecule has 4 rings (SSSR count). The molecule has 0 aliphatic carbocycles. The Hall–Kier alpha value is -2.12. The van der Waals surface area contributed by atoms with E-state index >= 15 is 0 Å². The van der Waals surface area contributed by atoms with Gasteiger partial charge < -0.3 is 15.0 Å². The second-order valence-corrected chi connectivity index (χ2v) is 7.92. The fourth-order valence-corrected chi connectivity index (χ4v) is 4.40. The summed E-state index contributed by atoms with van der Waals surface area (Å²) in [7, 11) is 0. The van der Waals surface area contributed by atoms with Crippen molar-refractivity contribution in [3.05, 3.63) is 41.6 Å². The van der Waals surface area contributed by atoms with Gasteiger partial charge in [-0.1, -0.05) is 30.0 Å². The molecule has 2 aliphatic rings. The van der Waals surface area contributed by atoms with Crippen molar-refractivity contribution in [1.29, 1.82) is 0 Å². The molecule has 26 heavy (non-hydrogen) atoms. The fourth-order valence-electron chi connectivity index (χ4n) is 3.53. The Kier molecular flexibility index (Phi) is 4.82. The van der Waals surface area contributed by atoms with Gasteiger partial charge in [0.1, 0.15) is 5.75 Å². The molecule has 0 bridgehead atoms. The lowest BCUT2D eigenvalue weighted by Crippen LogP contribution is -2.47. The van der Waals surface area contributed by atoms with Crippen LogP contribution in [0.2, 0.25) is 0 Å². The minimum atomic E-state index is 0.390. The molecule has 138 valence electrons. The summed E-state index contributed by atoms with van der Waals surface area (Å²) < 4.78 is 5.73. The van der Waals surface area contributed by atoms with E-state index < -0.39 is 0 Å². The normalized spacial score (nSPS) is 18.3. The number of aromatic nitrogens is 2. The van der Waals surface area contributed by atoms with Crippen LogP contribution in [-0.2, 0) is 6.42 Å². The Morgan fingerprint density at radius 3 is 2.85 bits per heavy atom. The highest BCUT2D eigenvalue weighted by molar-refractivity contribution is 7.19. The molecule has 7 heteroatoms. The number of anilines is 2. The topological polar surface area (TPSA) is 53.5 Å². The molecule has 3 heterocycles. The summed E-state index contributed by atoms with van der Waals surface area (Å²) in [6.45, 7) is 12.8. The molecule has 1 N–H and O–H groups in total. The average Bonchev–Trinajstić information content (AvgIpc) is 3.29. The third-order valence-corrected chi connectivity index (χ3v) is 5.97. The van der Waals surface area contributed by atoms with Gasteiger partial charge in [-0.2, -0.15) is 0 Å². The van der Waals surface area contributed by atoms with Crippen LogP contribution in [-0.4, -0.2) is 47.9 Å². The molecular formula is C19H25N5OS. The van der Waals surface area contributed by atoms with Crippen molar-refractivity contribution >= 4 is 21.6 Å². The summed E-state index contributed by atoms with van der Waals surface area (Å²) in [5, 5.41) is 13.4. The Morgan fingerprint density at radius 1 is 1.27 bits per heavy atom. The van der Waals surface area contributed by atoms with E-state index in [1.54, 1.807) is 11.3 Å². The van der Waals surface area contributed by atoms with Crippen molar-refractivity contribution in [2.24, 2.45) is 0 Å². The first-order valence-electron chi connectivity index (χ1n) is 9.11. The van der Waals surface area contributed by atoms with Crippen LogP contribution in [0.4, 0.5) is 10.3 Å². The van der Waals surface area contributed by atoms with Gasteiger partial charge in [-0.25, -0.2) is 0 Å². The highest BCUT2D eigenvalue weighted by atomic mass is 32.1. The highest BCUT2D eigenvalue weighted by Gasteiger charge is 2.25. The van der Waals surface area contributed by atoms with E-state index in [-0.39, 0.29) is 0 Å². The molecular weight excluding hydrogens is 346 g/mol. The molecule has 2 aliphatic heterocycles. The van der Waals surface area contributed by atoms with Crippen molar-refractivity contribution in [2.75, 3.05) is 43.0 Å². The molecule has 0 amide bonds. The highest BCUT2D eigenvalue weighted by Crippen LogP contribution is 2.32. The van der Waals surface area contributed by atoms with Crippen molar-refractivity contribution < 1.29 is 4.74 Å². The first-order chi connectivity index (χ1) is 12.6. The number of allylic oxidation sites excluding steroid dienone is 1. The van der Waals surface area contributed by atoms with Gasteiger partial charge in [0, 0.05) is 44.3 Å². The third-order valence-electron chi connectivity index (χ3n) is 5.07. The molecule has 0 spiro atoms. The summed E-state index contributed by atoms with van der Waals surface area (Å²) in [4.78, 5) is 4.84. The molecule has 0 radical (unpaired) electrons. The lowest BCUT2D eigenvalue weighted by Gasteiger charge is -2.38. The number of nitrogens with one attached hydrogen (secondary N) is 1. The molecule has 6 nitrogen and oxygen atoms in total. The minimum absolute atomic E-state index is 0.390. The number of fused-ring (bicyclic) bond motifs is 1. The number of rotatable bonds is 5. The van der Waals surface area contributed by atoms with Crippen LogP contribution >= 0.6 is 11.3 Å². The minimum Gasteiger partial charge on any atom is -0.493 e. The SMILES string of the molecule is C=C(C)Nc1nnc(N2CCN([C@H](C)c3ccc4c(c3)OCC4)CC2)s1. The van der Waals surface area contributed by atoms with Crippen molar-refractivity contribution in [1.82, 2.24) is 15.1 Å². The Morgan fingerprint density at radius 2 is 2.08 bits per heavy atom. The monoisotopic (exact) mass is 371 g/mol. The number of nitrogens with zero attached hydrogens (tertiary/aromatic N) is 4. The predicted molar refractivity (Wildman–Crippen MR) is 106 cm³/mol. The first-order valence-corrected chi connectivity index (χ1v) is 9.92. The smallest absolute Gasteiger partial charge is 0.211 e. The van der Waals surface area contributed by atoms with Gasteiger partial charge in [0.2, 0.25) is 10.3 Å². The summed E-state index contributed by atoms with van der Waals surface area (Å²) in [6.07, 6.45) is 1.03. The summed E-state index contributed by atoms with van der Waals surface area (Å²) >= 11 is 1.58. The van der Waals surface area contributed by atoms with Gasteiger partial charge >= 0.3 is 0 Å². The summed E-state index contributed by atoms with van der Waals surface area (Å²) in [5.41, 5.74) is 3.55. The van der Waals surface area contributed by atoms with Crippen LogP contribution in [0.15, 0.2) is 30.5 Å². The molecule has 1 aromatic carbocycles. The van der Waals surface area contributed by atoms with Crippen molar-refractivity contribution in [2.45, 2.75) is 26.3 Å². The summed E-state index contributed by atoms with van der Waals surface area (Å²) in [6, 6.07) is 7.09. The molecule has 0 saturated carbocycles. The van der Waals surface area contributed by atoms with Gasteiger partial charge in [0.05, 0.1) is 6.61 Å². The van der Waals surface area contributed by atoms with Crippen LogP contribution < -0.4 is 15.0 Å². The molecule has 1 saturated heterocycles. The Balaban J connectivity index is 1.37. The van der Waals surface area contributed by atoms with Gasteiger partial charge in [0.25, 0.3) is 0 Å². The molecule has 1 atom stereocenters. The number of benzene rings is 1. The van der Waals surface area contributed by atoms with E-state index in [9.17, 15) is 0 Å². The van der Waals surface area contributed by atoms with Gasteiger partial charge in [0.15, 0.2) is 0 Å². The van der Waals surface area contributed by atoms with E-state index in [1.807, 2.05) is 6.92 Å². The number of hydrogen-bond acceptors (Lipinski definition) is 7. The van der Waals surface area contributed by atoms with E-state index in [0.29, 0.717) is 6.04 Å². The van der Waals surface area contributed by atoms with E-state index in [0.717, 1.165) is 60.9 Å². The fraction of sp³-hybridized carbons (Fsp3) is 0.474. The Labute approximate surface area is 158 Å². The van der Waals surface area contributed by atoms with E-state index in [2.05, 4.69) is 57.0 Å². The lowest BCUT2D eigenvalue weighted by molar-refractivity contribution is 0.198. The number of hydrogen-bond donors (Lipinski definition) is 1. The molecule has 0 unspecified atom stereocenters. The Bertz CT molecular complexity index is 797. The van der Waals surface area contributed by atoms with E-state index in [1.165, 1.54) is 11.1 Å². The maximum atomic E-state index is 5.73. The largest absolute Gasteiger partial charge is 0.493 e. The third kappa shape index (κ3) is 3.54. The number of piperazine rings is 1. The van der Waals surface area contributed by atoms with Crippen LogP contribution in [0.5, 0.6) is 5.75 Å². The average molecular weight is 372 g/mol.